The van der Waals surface area contributed by atoms with Gasteiger partial charge in [-0.2, -0.15) is 0 Å². The Morgan fingerprint density at radius 2 is 1.93 bits per heavy atom. The largest absolute Gasteiger partial charge is 0.493 e. The summed E-state index contributed by atoms with van der Waals surface area (Å²) >= 11 is 0. The van der Waals surface area contributed by atoms with Gasteiger partial charge in [0.25, 0.3) is 0 Å². The quantitative estimate of drug-likeness (QED) is 0.810. The predicted octanol–water partition coefficient (Wildman–Crippen LogP) is 2.32. The monoisotopic (exact) mass is 409 g/mol. The third-order valence-electron chi connectivity index (χ3n) is 5.77. The van der Waals surface area contributed by atoms with E-state index in [2.05, 4.69) is 19.2 Å². The van der Waals surface area contributed by atoms with Gasteiger partial charge in [-0.1, -0.05) is 18.2 Å². The summed E-state index contributed by atoms with van der Waals surface area (Å²) in [5.74, 6) is 0.975. The van der Waals surface area contributed by atoms with Gasteiger partial charge in [-0.15, -0.1) is 12.4 Å². The molecule has 2 saturated heterocycles. The van der Waals surface area contributed by atoms with Crippen LogP contribution in [0.2, 0.25) is 0 Å². The lowest BCUT2D eigenvalue weighted by Crippen LogP contribution is -2.59. The molecule has 6 nitrogen and oxygen atoms in total. The Labute approximate surface area is 174 Å². The number of nitrogens with zero attached hydrogens (tertiary/aromatic N) is 2. The fourth-order valence-electron chi connectivity index (χ4n) is 3.94. The topological polar surface area (TPSA) is 61.9 Å². The highest BCUT2D eigenvalue weighted by molar-refractivity contribution is 5.85. The lowest BCUT2D eigenvalue weighted by molar-refractivity contribution is -0.143. The Morgan fingerprint density at radius 1 is 1.18 bits per heavy atom. The summed E-state index contributed by atoms with van der Waals surface area (Å²) < 4.78 is 5.63. The van der Waals surface area contributed by atoms with Gasteiger partial charge in [0.15, 0.2) is 0 Å². The number of rotatable bonds is 5. The lowest BCUT2D eigenvalue weighted by atomic mass is 9.94. The van der Waals surface area contributed by atoms with Crippen molar-refractivity contribution in [2.24, 2.45) is 5.92 Å². The summed E-state index contributed by atoms with van der Waals surface area (Å²) in [7, 11) is 0. The zero-order valence-electron chi connectivity index (χ0n) is 16.8. The van der Waals surface area contributed by atoms with E-state index in [1.54, 1.807) is 0 Å². The Balaban J connectivity index is 0.00000280. The van der Waals surface area contributed by atoms with Crippen molar-refractivity contribution in [1.82, 2.24) is 15.1 Å². The number of amides is 2. The molecule has 1 aromatic carbocycles. The number of piperazine rings is 1. The van der Waals surface area contributed by atoms with Crippen LogP contribution in [0.1, 0.15) is 33.1 Å². The van der Waals surface area contributed by atoms with Gasteiger partial charge < -0.3 is 19.9 Å². The molecule has 1 N–H and O–H groups in total. The van der Waals surface area contributed by atoms with Crippen molar-refractivity contribution in [3.63, 3.8) is 0 Å². The smallest absolute Gasteiger partial charge is 0.227 e. The standard InChI is InChI=1S/C21H31N3O3.ClH/c1-16-17(2)24(13-11-22-16)21(26)18-7-6-12-23(15-18)20(25)10-14-27-19-8-4-3-5-9-19;/h3-5,8-9,16-18,22H,6-7,10-15H2,1-2H3;1H. The number of likely N-dealkylation sites (tertiary alicyclic amines) is 1. The summed E-state index contributed by atoms with van der Waals surface area (Å²) in [6.07, 6.45) is 2.10. The third-order valence-corrected chi connectivity index (χ3v) is 5.77. The molecule has 3 atom stereocenters. The van der Waals surface area contributed by atoms with Gasteiger partial charge in [0.2, 0.25) is 11.8 Å². The zero-order chi connectivity index (χ0) is 19.2. The molecule has 2 aliphatic rings. The number of nitrogens with one attached hydrogen (secondary N) is 1. The minimum absolute atomic E-state index is 0. The van der Waals surface area contributed by atoms with Crippen LogP contribution in [-0.4, -0.2) is 66.5 Å². The number of carbonyl (C=O) groups is 2. The molecule has 0 aromatic heterocycles. The highest BCUT2D eigenvalue weighted by Gasteiger charge is 2.35. The second-order valence-electron chi connectivity index (χ2n) is 7.61. The molecular weight excluding hydrogens is 378 g/mol. The van der Waals surface area contributed by atoms with E-state index in [0.717, 1.165) is 38.2 Å². The number of halogens is 1. The summed E-state index contributed by atoms with van der Waals surface area (Å²) in [5, 5.41) is 3.41. The van der Waals surface area contributed by atoms with E-state index in [1.165, 1.54) is 0 Å². The van der Waals surface area contributed by atoms with Gasteiger partial charge in [-0.05, 0) is 38.8 Å². The molecule has 3 rings (SSSR count). The van der Waals surface area contributed by atoms with Gasteiger partial charge in [0.1, 0.15) is 5.75 Å². The average molecular weight is 410 g/mol. The van der Waals surface area contributed by atoms with Crippen LogP contribution >= 0.6 is 12.4 Å². The highest BCUT2D eigenvalue weighted by atomic mass is 35.5. The maximum absolute atomic E-state index is 13.0. The van der Waals surface area contributed by atoms with Gasteiger partial charge in [0.05, 0.1) is 18.9 Å². The van der Waals surface area contributed by atoms with Crippen molar-refractivity contribution in [2.45, 2.75) is 45.2 Å². The van der Waals surface area contributed by atoms with Crippen molar-refractivity contribution in [1.29, 1.82) is 0 Å². The maximum atomic E-state index is 13.0. The van der Waals surface area contributed by atoms with Crippen molar-refractivity contribution < 1.29 is 14.3 Å². The number of hydrogen-bond donors (Lipinski definition) is 1. The summed E-state index contributed by atoms with van der Waals surface area (Å²) in [6.45, 7) is 7.44. The number of para-hydroxylation sites is 1. The SMILES string of the molecule is CC1NCCN(C(=O)C2CCCN(C(=O)CCOc3ccccc3)C2)C1C.Cl. The molecule has 0 aliphatic carbocycles. The van der Waals surface area contributed by atoms with E-state index in [4.69, 9.17) is 4.74 Å². The third kappa shape index (κ3) is 5.61. The van der Waals surface area contributed by atoms with Crippen molar-refractivity contribution in [3.8, 4) is 5.75 Å². The highest BCUT2D eigenvalue weighted by Crippen LogP contribution is 2.22. The van der Waals surface area contributed by atoms with E-state index >= 15 is 0 Å². The average Bonchev–Trinajstić information content (AvgIpc) is 2.70. The first-order valence-electron chi connectivity index (χ1n) is 10.1. The fraction of sp³-hybridized carbons (Fsp3) is 0.619. The van der Waals surface area contributed by atoms with Gasteiger partial charge >= 0.3 is 0 Å². The molecular formula is C21H32ClN3O3. The number of hydrogen-bond acceptors (Lipinski definition) is 4. The van der Waals surface area contributed by atoms with Crippen molar-refractivity contribution in [3.05, 3.63) is 30.3 Å². The Bertz CT molecular complexity index is 643. The van der Waals surface area contributed by atoms with Crippen LogP contribution in [0.15, 0.2) is 30.3 Å². The van der Waals surface area contributed by atoms with Crippen LogP contribution in [0.5, 0.6) is 5.75 Å². The molecule has 0 spiro atoms. The first-order chi connectivity index (χ1) is 13.1. The molecule has 7 heteroatoms. The Kier molecular flexibility index (Phi) is 8.58. The lowest BCUT2D eigenvalue weighted by Gasteiger charge is -2.42. The van der Waals surface area contributed by atoms with Crippen LogP contribution in [-0.2, 0) is 9.59 Å². The van der Waals surface area contributed by atoms with Gasteiger partial charge in [-0.25, -0.2) is 0 Å². The number of ether oxygens (including phenoxy) is 1. The van der Waals surface area contributed by atoms with Crippen molar-refractivity contribution >= 4 is 24.2 Å². The van der Waals surface area contributed by atoms with Gasteiger partial charge in [-0.3, -0.25) is 9.59 Å². The minimum Gasteiger partial charge on any atom is -0.493 e. The van der Waals surface area contributed by atoms with E-state index in [-0.39, 0.29) is 36.2 Å². The molecule has 156 valence electrons. The molecule has 2 heterocycles. The molecule has 0 saturated carbocycles. The van der Waals surface area contributed by atoms with E-state index in [0.29, 0.717) is 25.6 Å². The number of carbonyl (C=O) groups excluding carboxylic acids is 2. The van der Waals surface area contributed by atoms with Crippen LogP contribution < -0.4 is 10.1 Å². The molecule has 3 unspecified atom stereocenters. The normalized spacial score (nSPS) is 25.0. The molecule has 28 heavy (non-hydrogen) atoms. The predicted molar refractivity (Wildman–Crippen MR) is 112 cm³/mol. The number of benzene rings is 1. The Morgan fingerprint density at radius 3 is 2.68 bits per heavy atom. The van der Waals surface area contributed by atoms with E-state index in [9.17, 15) is 9.59 Å². The van der Waals surface area contributed by atoms with Crippen LogP contribution in [0.3, 0.4) is 0 Å². The summed E-state index contributed by atoms with van der Waals surface area (Å²) in [6, 6.07) is 10.0. The van der Waals surface area contributed by atoms with Crippen molar-refractivity contribution in [2.75, 3.05) is 32.8 Å². The van der Waals surface area contributed by atoms with E-state index < -0.39 is 0 Å². The minimum atomic E-state index is -0.0782. The second kappa shape index (κ2) is 10.7. The molecule has 2 aliphatic heterocycles. The van der Waals surface area contributed by atoms with Crippen LogP contribution in [0, 0.1) is 5.92 Å². The Hall–Kier alpha value is -1.79. The molecule has 2 amide bonds. The van der Waals surface area contributed by atoms with E-state index in [1.807, 2.05) is 40.1 Å². The summed E-state index contributed by atoms with van der Waals surface area (Å²) in [4.78, 5) is 29.4. The second-order valence-corrected chi connectivity index (χ2v) is 7.61. The first kappa shape index (κ1) is 22.5. The molecule has 0 radical (unpaired) electrons. The zero-order valence-corrected chi connectivity index (χ0v) is 17.6. The molecule has 2 fully saturated rings. The maximum Gasteiger partial charge on any atom is 0.227 e. The molecule has 0 bridgehead atoms. The van der Waals surface area contributed by atoms with Crippen LogP contribution in [0.25, 0.3) is 0 Å². The first-order valence-corrected chi connectivity index (χ1v) is 10.1. The van der Waals surface area contributed by atoms with Crippen LogP contribution in [0.4, 0.5) is 0 Å². The van der Waals surface area contributed by atoms with Gasteiger partial charge in [0, 0.05) is 38.3 Å². The summed E-state index contributed by atoms with van der Waals surface area (Å²) in [5.41, 5.74) is 0. The number of piperidine rings is 1. The fourth-order valence-corrected chi connectivity index (χ4v) is 3.94. The molecule has 1 aromatic rings.